The number of nitro benzene ring substituents is 1. The minimum Gasteiger partial charge on any atom is -0.490 e. The number of rotatable bonds is 7. The molecule has 0 bridgehead atoms. The molecule has 0 aliphatic carbocycles. The van der Waals surface area contributed by atoms with Gasteiger partial charge in [-0.05, 0) is 42.8 Å². The zero-order valence-electron chi connectivity index (χ0n) is 14.7. The number of carbonyl (C=O) groups is 2. The number of nitro groups is 1. The van der Waals surface area contributed by atoms with Gasteiger partial charge in [0.25, 0.3) is 11.6 Å². The van der Waals surface area contributed by atoms with E-state index in [0.717, 1.165) is 0 Å². The first-order valence-electron chi connectivity index (χ1n) is 7.94. The lowest BCUT2D eigenvalue weighted by Crippen LogP contribution is -2.17. The lowest BCUT2D eigenvalue weighted by Gasteiger charge is -2.10. The molecule has 0 saturated carbocycles. The summed E-state index contributed by atoms with van der Waals surface area (Å²) >= 11 is 0. The Morgan fingerprint density at radius 2 is 1.89 bits per heavy atom. The van der Waals surface area contributed by atoms with E-state index < -0.39 is 16.8 Å². The second kappa shape index (κ2) is 9.09. The van der Waals surface area contributed by atoms with E-state index in [1.807, 2.05) is 0 Å². The summed E-state index contributed by atoms with van der Waals surface area (Å²) in [5.74, 6) is -0.315. The first kappa shape index (κ1) is 19.6. The van der Waals surface area contributed by atoms with E-state index in [1.165, 1.54) is 37.4 Å². The molecule has 0 aliphatic heterocycles. The molecular weight excluding hydrogens is 354 g/mol. The predicted molar refractivity (Wildman–Crippen MR) is 97.1 cm³/mol. The lowest BCUT2D eigenvalue weighted by molar-refractivity contribution is -0.384. The number of hydrogen-bond acceptors (Lipinski definition) is 7. The van der Waals surface area contributed by atoms with Crippen molar-refractivity contribution in [2.24, 2.45) is 5.10 Å². The third kappa shape index (κ3) is 5.63. The molecule has 0 spiro atoms. The zero-order valence-corrected chi connectivity index (χ0v) is 14.7. The van der Waals surface area contributed by atoms with Crippen molar-refractivity contribution in [1.82, 2.24) is 5.43 Å². The fraction of sp³-hybridized carbons (Fsp3) is 0.167. The van der Waals surface area contributed by atoms with Crippen LogP contribution in [0.25, 0.3) is 0 Å². The Kier molecular flexibility index (Phi) is 6.59. The molecule has 0 aliphatic rings. The number of nitrogens with zero attached hydrogens (tertiary/aromatic N) is 2. The summed E-state index contributed by atoms with van der Waals surface area (Å²) in [5, 5.41) is 14.5. The minimum atomic E-state index is -0.546. The molecule has 0 fully saturated rings. The molecule has 2 rings (SSSR count). The lowest BCUT2D eigenvalue weighted by atomic mass is 10.2. The van der Waals surface area contributed by atoms with Gasteiger partial charge < -0.3 is 9.47 Å². The number of ether oxygens (including phenoxy) is 2. The van der Waals surface area contributed by atoms with E-state index >= 15 is 0 Å². The smallest absolute Gasteiger partial charge is 0.308 e. The molecule has 0 heterocycles. The highest BCUT2D eigenvalue weighted by Crippen LogP contribution is 2.28. The van der Waals surface area contributed by atoms with Gasteiger partial charge in [0, 0.05) is 24.6 Å². The minimum absolute atomic E-state index is 0.105. The maximum absolute atomic E-state index is 12.0. The van der Waals surface area contributed by atoms with Crippen LogP contribution < -0.4 is 14.9 Å². The molecule has 140 valence electrons. The van der Waals surface area contributed by atoms with Crippen LogP contribution in [0.4, 0.5) is 5.69 Å². The summed E-state index contributed by atoms with van der Waals surface area (Å²) in [6.07, 6.45) is 1.39. The number of hydrogen-bond donors (Lipinski definition) is 1. The largest absolute Gasteiger partial charge is 0.490 e. The van der Waals surface area contributed by atoms with Crippen molar-refractivity contribution in [2.75, 3.05) is 6.61 Å². The zero-order chi connectivity index (χ0) is 19.8. The van der Waals surface area contributed by atoms with Crippen LogP contribution in [0.15, 0.2) is 47.6 Å². The van der Waals surface area contributed by atoms with Crippen molar-refractivity contribution in [3.63, 3.8) is 0 Å². The van der Waals surface area contributed by atoms with Crippen LogP contribution >= 0.6 is 0 Å². The van der Waals surface area contributed by atoms with Crippen LogP contribution in [0.1, 0.15) is 29.8 Å². The fourth-order valence-electron chi connectivity index (χ4n) is 2.08. The fourth-order valence-corrected chi connectivity index (χ4v) is 2.08. The second-order valence-corrected chi connectivity index (χ2v) is 5.24. The monoisotopic (exact) mass is 371 g/mol. The third-order valence-electron chi connectivity index (χ3n) is 3.24. The molecule has 27 heavy (non-hydrogen) atoms. The average Bonchev–Trinajstić information content (AvgIpc) is 2.63. The Bertz CT molecular complexity index is 877. The number of non-ortho nitro benzene ring substituents is 1. The van der Waals surface area contributed by atoms with E-state index in [0.29, 0.717) is 17.9 Å². The van der Waals surface area contributed by atoms with Crippen LogP contribution in [0, 0.1) is 10.1 Å². The van der Waals surface area contributed by atoms with Crippen molar-refractivity contribution in [3.8, 4) is 11.5 Å². The molecule has 0 saturated heterocycles. The van der Waals surface area contributed by atoms with Gasteiger partial charge >= 0.3 is 5.97 Å². The molecule has 9 nitrogen and oxygen atoms in total. The van der Waals surface area contributed by atoms with Gasteiger partial charge in [0.1, 0.15) is 0 Å². The third-order valence-corrected chi connectivity index (χ3v) is 3.24. The number of esters is 1. The second-order valence-electron chi connectivity index (χ2n) is 5.24. The van der Waals surface area contributed by atoms with Crippen LogP contribution in [0.5, 0.6) is 11.5 Å². The first-order valence-corrected chi connectivity index (χ1v) is 7.94. The molecule has 0 aromatic heterocycles. The summed E-state index contributed by atoms with van der Waals surface area (Å²) in [6.45, 7) is 3.47. The van der Waals surface area contributed by atoms with Crippen LogP contribution in [0.3, 0.4) is 0 Å². The van der Waals surface area contributed by atoms with Crippen LogP contribution in [-0.4, -0.2) is 29.6 Å². The van der Waals surface area contributed by atoms with E-state index in [2.05, 4.69) is 10.5 Å². The Hall–Kier alpha value is -3.75. The van der Waals surface area contributed by atoms with Crippen LogP contribution in [-0.2, 0) is 4.79 Å². The van der Waals surface area contributed by atoms with Gasteiger partial charge in [-0.25, -0.2) is 5.43 Å². The summed E-state index contributed by atoms with van der Waals surface area (Å²) in [5.41, 5.74) is 3.07. The highest BCUT2D eigenvalue weighted by atomic mass is 16.6. The highest BCUT2D eigenvalue weighted by Gasteiger charge is 2.10. The van der Waals surface area contributed by atoms with Gasteiger partial charge in [0.05, 0.1) is 17.7 Å². The molecule has 1 amide bonds. The SMILES string of the molecule is CCOc1cc(/C=N\NC(=O)c2ccc([N+](=O)[O-])cc2)ccc1OC(C)=O. The summed E-state index contributed by atoms with van der Waals surface area (Å²) < 4.78 is 10.5. The molecule has 2 aromatic carbocycles. The molecule has 0 unspecified atom stereocenters. The number of carbonyl (C=O) groups excluding carboxylic acids is 2. The number of nitrogens with one attached hydrogen (secondary N) is 1. The van der Waals surface area contributed by atoms with E-state index in [-0.39, 0.29) is 17.0 Å². The van der Waals surface area contributed by atoms with Gasteiger partial charge in [-0.3, -0.25) is 19.7 Å². The molecule has 1 N–H and O–H groups in total. The molecule has 0 radical (unpaired) electrons. The Morgan fingerprint density at radius 3 is 2.48 bits per heavy atom. The summed E-state index contributed by atoms with van der Waals surface area (Å²) in [4.78, 5) is 33.2. The molecular formula is C18H17N3O6. The van der Waals surface area contributed by atoms with Crippen molar-refractivity contribution in [3.05, 3.63) is 63.7 Å². The quantitative estimate of drug-likeness (QED) is 0.263. The number of amides is 1. The van der Waals surface area contributed by atoms with Crippen molar-refractivity contribution < 1.29 is 24.0 Å². The van der Waals surface area contributed by atoms with Crippen LogP contribution in [0.2, 0.25) is 0 Å². The van der Waals surface area contributed by atoms with Gasteiger partial charge in [0.15, 0.2) is 11.5 Å². The maximum Gasteiger partial charge on any atom is 0.308 e. The average molecular weight is 371 g/mol. The topological polar surface area (TPSA) is 120 Å². The standard InChI is InChI=1S/C18H17N3O6/c1-3-26-17-10-13(4-9-16(17)27-12(2)22)11-19-20-18(23)14-5-7-15(8-6-14)21(24)25/h4-11H,3H2,1-2H3,(H,20,23)/b19-11-. The van der Waals surface area contributed by atoms with Crippen molar-refractivity contribution >= 4 is 23.8 Å². The maximum atomic E-state index is 12.0. The molecule has 2 aromatic rings. The van der Waals surface area contributed by atoms with Crippen molar-refractivity contribution in [2.45, 2.75) is 13.8 Å². The Labute approximate surface area is 154 Å². The van der Waals surface area contributed by atoms with Gasteiger partial charge in [-0.15, -0.1) is 0 Å². The molecule has 0 atom stereocenters. The Morgan fingerprint density at radius 1 is 1.19 bits per heavy atom. The normalized spacial score (nSPS) is 10.4. The van der Waals surface area contributed by atoms with Crippen molar-refractivity contribution in [1.29, 1.82) is 0 Å². The van der Waals surface area contributed by atoms with Gasteiger partial charge in [-0.1, -0.05) is 0 Å². The number of benzene rings is 2. The van der Waals surface area contributed by atoms with E-state index in [4.69, 9.17) is 9.47 Å². The number of hydrazone groups is 1. The van der Waals surface area contributed by atoms with E-state index in [9.17, 15) is 19.7 Å². The Balaban J connectivity index is 2.06. The summed E-state index contributed by atoms with van der Waals surface area (Å²) in [7, 11) is 0. The molecule has 9 heteroatoms. The van der Waals surface area contributed by atoms with E-state index in [1.54, 1.807) is 25.1 Å². The first-order chi connectivity index (χ1) is 12.9. The highest BCUT2D eigenvalue weighted by molar-refractivity contribution is 5.95. The predicted octanol–water partition coefficient (Wildman–Crippen LogP) is 2.68. The van der Waals surface area contributed by atoms with Gasteiger partial charge in [0.2, 0.25) is 0 Å². The van der Waals surface area contributed by atoms with Gasteiger partial charge in [-0.2, -0.15) is 5.10 Å². The summed E-state index contributed by atoms with van der Waals surface area (Å²) in [6, 6.07) is 9.97.